The summed E-state index contributed by atoms with van der Waals surface area (Å²) in [5.74, 6) is 0.356. The number of amides is 3. The van der Waals surface area contributed by atoms with Gasteiger partial charge in [-0.1, -0.05) is 60.1 Å². The number of hydrogen-bond donors (Lipinski definition) is 4. The van der Waals surface area contributed by atoms with Crippen LogP contribution in [0.5, 0.6) is 0 Å². The molecule has 1 saturated heterocycles. The fourth-order valence-corrected chi connectivity index (χ4v) is 6.10. The Morgan fingerprint density at radius 2 is 1.80 bits per heavy atom. The molecule has 1 aliphatic heterocycles. The van der Waals surface area contributed by atoms with Gasteiger partial charge in [-0.15, -0.1) is 0 Å². The van der Waals surface area contributed by atoms with E-state index in [9.17, 15) is 19.2 Å². The zero-order chi connectivity index (χ0) is 33.9. The molecule has 11 nitrogen and oxygen atoms in total. The van der Waals surface area contributed by atoms with Crippen LogP contribution in [0.1, 0.15) is 71.8 Å². The van der Waals surface area contributed by atoms with Gasteiger partial charge in [0.1, 0.15) is 23.7 Å². The molecule has 3 aromatic rings. The second-order valence-electron chi connectivity index (χ2n) is 13.6. The Bertz CT molecular complexity index is 1590. The molecule has 0 spiro atoms. The summed E-state index contributed by atoms with van der Waals surface area (Å²) in [5.41, 5.74) is 12.5. The molecular formula is C34H49N7O4. The van der Waals surface area contributed by atoms with Crippen LogP contribution in [0, 0.1) is 36.5 Å². The monoisotopic (exact) mass is 619 g/mol. The van der Waals surface area contributed by atoms with Gasteiger partial charge in [0.25, 0.3) is 5.56 Å². The number of piperidine rings is 1. The molecule has 3 heterocycles. The Morgan fingerprint density at radius 1 is 1.13 bits per heavy atom. The highest BCUT2D eigenvalue weighted by Crippen LogP contribution is 2.65. The van der Waals surface area contributed by atoms with Crippen LogP contribution >= 0.6 is 0 Å². The summed E-state index contributed by atoms with van der Waals surface area (Å²) < 4.78 is 0. The molecule has 1 aromatic carbocycles. The van der Waals surface area contributed by atoms with Crippen LogP contribution in [0.2, 0.25) is 0 Å². The van der Waals surface area contributed by atoms with Gasteiger partial charge in [0.05, 0.1) is 0 Å². The van der Waals surface area contributed by atoms with E-state index in [0.29, 0.717) is 35.7 Å². The fourth-order valence-electron chi connectivity index (χ4n) is 6.10. The van der Waals surface area contributed by atoms with Crippen molar-refractivity contribution in [1.29, 1.82) is 0 Å². The average Bonchev–Trinajstić information content (AvgIpc) is 3.26. The second-order valence-corrected chi connectivity index (χ2v) is 13.6. The third-order valence-electron chi connectivity index (χ3n) is 8.44. The summed E-state index contributed by atoms with van der Waals surface area (Å²) in [6.45, 7) is 18.5. The number of aryl methyl sites for hydroxylation is 2. The van der Waals surface area contributed by atoms with Gasteiger partial charge in [-0.05, 0) is 66.2 Å². The SMILES string of the molecule is CC.Cc1ccc2[nH]c(=O)c(CC(NC(=O)[C@@H]3C4C(CN3C(=O)CC(C)(C)C)C4(C)C)C(N)=O)cc2c1.Cc1nccc(N)n1. The largest absolute Gasteiger partial charge is 0.384 e. The van der Waals surface area contributed by atoms with Crippen LogP contribution in [0.4, 0.5) is 5.82 Å². The Balaban J connectivity index is 0.000000475. The Labute approximate surface area is 265 Å². The quantitative estimate of drug-likeness (QED) is 0.325. The number of carbonyl (C=O) groups excluding carboxylic acids is 3. The molecule has 45 heavy (non-hydrogen) atoms. The fraction of sp³-hybridized carbons (Fsp3) is 0.529. The van der Waals surface area contributed by atoms with E-state index < -0.39 is 18.0 Å². The molecule has 244 valence electrons. The maximum Gasteiger partial charge on any atom is 0.251 e. The molecule has 2 aliphatic rings. The van der Waals surface area contributed by atoms with E-state index in [0.717, 1.165) is 10.9 Å². The van der Waals surface area contributed by atoms with Crippen LogP contribution in [-0.2, 0) is 20.8 Å². The first-order chi connectivity index (χ1) is 21.0. The van der Waals surface area contributed by atoms with Gasteiger partial charge < -0.3 is 26.7 Å². The molecule has 6 N–H and O–H groups in total. The van der Waals surface area contributed by atoms with Crippen molar-refractivity contribution in [3.63, 3.8) is 0 Å². The number of fused-ring (bicyclic) bond motifs is 2. The molecule has 5 rings (SSSR count). The number of carbonyl (C=O) groups is 3. The molecule has 11 heteroatoms. The number of likely N-dealkylation sites (tertiary alicyclic amines) is 1. The summed E-state index contributed by atoms with van der Waals surface area (Å²) >= 11 is 0. The number of rotatable bonds is 6. The first-order valence-electron chi connectivity index (χ1n) is 15.5. The van der Waals surface area contributed by atoms with E-state index >= 15 is 0 Å². The van der Waals surface area contributed by atoms with Gasteiger partial charge in [0.2, 0.25) is 17.7 Å². The van der Waals surface area contributed by atoms with Gasteiger partial charge in [-0.2, -0.15) is 0 Å². The minimum absolute atomic E-state index is 0.0273. The maximum absolute atomic E-state index is 13.5. The van der Waals surface area contributed by atoms with Crippen molar-refractivity contribution >= 4 is 34.4 Å². The number of H-pyrrole nitrogens is 1. The first kappa shape index (κ1) is 35.2. The lowest BCUT2D eigenvalue weighted by atomic mass is 9.90. The van der Waals surface area contributed by atoms with Crippen molar-refractivity contribution < 1.29 is 14.4 Å². The third-order valence-corrected chi connectivity index (χ3v) is 8.44. The predicted molar refractivity (Wildman–Crippen MR) is 177 cm³/mol. The minimum atomic E-state index is -1.06. The summed E-state index contributed by atoms with van der Waals surface area (Å²) in [6, 6.07) is 7.37. The summed E-state index contributed by atoms with van der Waals surface area (Å²) in [4.78, 5) is 63.7. The smallest absolute Gasteiger partial charge is 0.251 e. The van der Waals surface area contributed by atoms with Crippen molar-refractivity contribution in [3.8, 4) is 0 Å². The first-order valence-corrected chi connectivity index (χ1v) is 15.5. The topological polar surface area (TPSA) is 177 Å². The van der Waals surface area contributed by atoms with Crippen molar-refractivity contribution in [3.05, 3.63) is 63.8 Å². The van der Waals surface area contributed by atoms with E-state index in [1.165, 1.54) is 0 Å². The highest BCUT2D eigenvalue weighted by atomic mass is 16.2. The Morgan fingerprint density at radius 3 is 2.36 bits per heavy atom. The van der Waals surface area contributed by atoms with E-state index in [1.54, 1.807) is 30.2 Å². The van der Waals surface area contributed by atoms with Crippen LogP contribution < -0.4 is 22.3 Å². The number of nitrogens with two attached hydrogens (primary N) is 2. The van der Waals surface area contributed by atoms with Crippen LogP contribution in [0.3, 0.4) is 0 Å². The molecule has 1 aliphatic carbocycles. The minimum Gasteiger partial charge on any atom is -0.384 e. The highest BCUT2D eigenvalue weighted by Gasteiger charge is 2.69. The van der Waals surface area contributed by atoms with Crippen molar-refractivity contribution in [2.24, 2.45) is 28.4 Å². The van der Waals surface area contributed by atoms with Crippen LogP contribution in [-0.4, -0.2) is 56.2 Å². The number of hydrogen-bond acceptors (Lipinski definition) is 7. The number of pyridine rings is 1. The van der Waals surface area contributed by atoms with E-state index in [1.807, 2.05) is 59.7 Å². The predicted octanol–water partition coefficient (Wildman–Crippen LogP) is 3.66. The van der Waals surface area contributed by atoms with Gasteiger partial charge in [0.15, 0.2) is 0 Å². The lowest BCUT2D eigenvalue weighted by Gasteiger charge is -2.33. The number of primary amides is 1. The summed E-state index contributed by atoms with van der Waals surface area (Å²) in [6.07, 6.45) is 1.94. The van der Waals surface area contributed by atoms with E-state index in [-0.39, 0.29) is 46.5 Å². The second kappa shape index (κ2) is 13.8. The van der Waals surface area contributed by atoms with Crippen LogP contribution in [0.15, 0.2) is 41.3 Å². The Hall–Kier alpha value is -4.28. The standard InChI is InChI=1S/C27H36N4O4.C5H7N3.C2H6/c1-14-7-8-18-15(9-14)10-16(24(34)29-18)11-19(23(28)33)30-25(35)22-21-17(27(21,5)6)13-31(22)20(32)12-26(2,3)4;1-4-7-3-2-5(6)8-4;1-2/h7-10,17,19,21-22H,11-13H2,1-6H3,(H2,28,33)(H,29,34)(H,30,35);2-3H,1H3,(H2,6,7,8);1-2H3/t17?,19?,21?,22-;;/m0../s1. The Kier molecular flexibility index (Phi) is 10.8. The van der Waals surface area contributed by atoms with Gasteiger partial charge in [-0.25, -0.2) is 9.97 Å². The van der Waals surface area contributed by atoms with Crippen molar-refractivity contribution in [2.75, 3.05) is 12.3 Å². The molecular weight excluding hydrogens is 570 g/mol. The zero-order valence-corrected chi connectivity index (χ0v) is 28.0. The average molecular weight is 620 g/mol. The number of anilines is 1. The van der Waals surface area contributed by atoms with Crippen LogP contribution in [0.25, 0.3) is 10.9 Å². The lowest BCUT2D eigenvalue weighted by Crippen LogP contribution is -2.55. The molecule has 3 unspecified atom stereocenters. The number of nitrogens with one attached hydrogen (secondary N) is 2. The zero-order valence-electron chi connectivity index (χ0n) is 28.0. The van der Waals surface area contributed by atoms with Gasteiger partial charge in [-0.3, -0.25) is 19.2 Å². The number of nitrogen functional groups attached to an aromatic ring is 1. The van der Waals surface area contributed by atoms with E-state index in [4.69, 9.17) is 11.5 Å². The third kappa shape index (κ3) is 8.46. The molecule has 0 bridgehead atoms. The van der Waals surface area contributed by atoms with Gasteiger partial charge in [0, 0.05) is 36.7 Å². The normalized spacial score (nSPS) is 20.1. The van der Waals surface area contributed by atoms with Crippen molar-refractivity contribution in [1.82, 2.24) is 25.2 Å². The molecule has 0 radical (unpaired) electrons. The molecule has 3 amide bonds. The molecule has 2 fully saturated rings. The van der Waals surface area contributed by atoms with Crippen molar-refractivity contribution in [2.45, 2.75) is 87.2 Å². The van der Waals surface area contributed by atoms with E-state index in [2.05, 4.69) is 34.1 Å². The number of aromatic nitrogens is 3. The van der Waals surface area contributed by atoms with Gasteiger partial charge >= 0.3 is 0 Å². The number of aromatic amines is 1. The molecule has 4 atom stereocenters. The summed E-state index contributed by atoms with van der Waals surface area (Å²) in [5, 5.41) is 3.62. The summed E-state index contributed by atoms with van der Waals surface area (Å²) in [7, 11) is 0. The number of nitrogens with zero attached hydrogens (tertiary/aromatic N) is 3. The molecule has 2 aromatic heterocycles. The maximum atomic E-state index is 13.5. The highest BCUT2D eigenvalue weighted by molar-refractivity contribution is 5.93. The number of benzene rings is 1. The lowest BCUT2D eigenvalue weighted by molar-refractivity contribution is -0.142. The molecule has 1 saturated carbocycles.